The molecule has 2 atom stereocenters. The summed E-state index contributed by atoms with van der Waals surface area (Å²) in [6.45, 7) is 5.12. The van der Waals surface area contributed by atoms with Crippen molar-refractivity contribution in [1.29, 1.82) is 0 Å². The zero-order valence-corrected chi connectivity index (χ0v) is 25.7. The first-order valence-corrected chi connectivity index (χ1v) is 15.7. The maximum Gasteiger partial charge on any atom is 0.188 e. The van der Waals surface area contributed by atoms with E-state index in [0.29, 0.717) is 0 Å². The molecule has 2 unspecified atom stereocenters. The highest BCUT2D eigenvalue weighted by molar-refractivity contribution is 5.46. The standard InChI is InChI=1S/C35H54O5/c1-5-6-7-8-9-10-11-12-13-14-15-16-17-18-34-35(2,30-20-23-31(24-21-30)38-27-36-3)26-29-19-22-32(39-28-37-4)25-33(29)40-34/h19-25,34H,5-18,26-28H2,1-4H3. The largest absolute Gasteiger partial charge is 0.489 e. The summed E-state index contributed by atoms with van der Waals surface area (Å²) in [6.07, 6.45) is 19.8. The first-order chi connectivity index (χ1) is 19.6. The molecular formula is C35H54O5. The van der Waals surface area contributed by atoms with Gasteiger partial charge in [0.05, 0.1) is 0 Å². The van der Waals surface area contributed by atoms with Gasteiger partial charge in [-0.25, -0.2) is 0 Å². The Kier molecular flexibility index (Phi) is 14.7. The lowest BCUT2D eigenvalue weighted by molar-refractivity contribution is 0.0494. The molecule has 2 aromatic rings. The van der Waals surface area contributed by atoms with Gasteiger partial charge in [-0.3, -0.25) is 0 Å². The van der Waals surface area contributed by atoms with Gasteiger partial charge in [0, 0.05) is 25.7 Å². The maximum absolute atomic E-state index is 6.75. The van der Waals surface area contributed by atoms with Gasteiger partial charge in [-0.15, -0.1) is 0 Å². The van der Waals surface area contributed by atoms with Crippen molar-refractivity contribution in [3.63, 3.8) is 0 Å². The van der Waals surface area contributed by atoms with Gasteiger partial charge in [0.2, 0.25) is 0 Å². The number of ether oxygens (including phenoxy) is 5. The molecule has 0 saturated heterocycles. The van der Waals surface area contributed by atoms with Crippen LogP contribution in [-0.2, 0) is 21.3 Å². The average Bonchev–Trinajstić information content (AvgIpc) is 2.97. The highest BCUT2D eigenvalue weighted by Crippen LogP contribution is 2.44. The molecule has 3 rings (SSSR count). The molecule has 5 nitrogen and oxygen atoms in total. The topological polar surface area (TPSA) is 46.2 Å². The van der Waals surface area contributed by atoms with Crippen LogP contribution in [0.2, 0.25) is 0 Å². The number of benzene rings is 2. The minimum atomic E-state index is -0.126. The van der Waals surface area contributed by atoms with Crippen molar-refractivity contribution in [2.45, 2.75) is 122 Å². The quantitative estimate of drug-likeness (QED) is 0.114. The van der Waals surface area contributed by atoms with E-state index in [1.54, 1.807) is 14.2 Å². The number of unbranched alkanes of at least 4 members (excludes halogenated alkanes) is 12. The number of rotatable bonds is 21. The molecule has 5 heteroatoms. The second kappa shape index (κ2) is 18.2. The van der Waals surface area contributed by atoms with Crippen LogP contribution in [-0.4, -0.2) is 33.9 Å². The summed E-state index contributed by atoms with van der Waals surface area (Å²) in [5, 5.41) is 0. The summed E-state index contributed by atoms with van der Waals surface area (Å²) < 4.78 is 28.2. The third kappa shape index (κ3) is 10.3. The van der Waals surface area contributed by atoms with E-state index in [1.165, 1.54) is 94.6 Å². The van der Waals surface area contributed by atoms with Crippen LogP contribution in [0.5, 0.6) is 17.2 Å². The van der Waals surface area contributed by atoms with Crippen LogP contribution in [0.4, 0.5) is 0 Å². The molecular weight excluding hydrogens is 500 g/mol. The van der Waals surface area contributed by atoms with Crippen molar-refractivity contribution in [3.05, 3.63) is 53.6 Å². The Morgan fingerprint density at radius 1 is 0.700 bits per heavy atom. The fraction of sp³-hybridized carbons (Fsp3) is 0.657. The van der Waals surface area contributed by atoms with E-state index >= 15 is 0 Å². The first kappa shape index (κ1) is 32.3. The molecule has 0 aromatic heterocycles. The molecule has 0 saturated carbocycles. The monoisotopic (exact) mass is 554 g/mol. The molecule has 0 radical (unpaired) electrons. The molecule has 1 aliphatic heterocycles. The second-order valence-corrected chi connectivity index (χ2v) is 11.6. The van der Waals surface area contributed by atoms with Crippen molar-refractivity contribution in [2.24, 2.45) is 0 Å². The fourth-order valence-electron chi connectivity index (χ4n) is 5.87. The van der Waals surface area contributed by atoms with Crippen LogP contribution in [0, 0.1) is 0 Å². The van der Waals surface area contributed by atoms with E-state index in [9.17, 15) is 0 Å². The van der Waals surface area contributed by atoms with Crippen LogP contribution in [0.1, 0.15) is 115 Å². The highest BCUT2D eigenvalue weighted by atomic mass is 16.7. The summed E-state index contributed by atoms with van der Waals surface area (Å²) in [5.74, 6) is 2.54. The Bertz CT molecular complexity index is 943. The number of methoxy groups -OCH3 is 2. The van der Waals surface area contributed by atoms with Gasteiger partial charge in [-0.05, 0) is 48.6 Å². The molecule has 1 aliphatic rings. The Hall–Kier alpha value is -2.24. The van der Waals surface area contributed by atoms with Gasteiger partial charge in [0.1, 0.15) is 23.4 Å². The molecule has 0 aliphatic carbocycles. The molecule has 224 valence electrons. The predicted octanol–water partition coefficient (Wildman–Crippen LogP) is 9.39. The lowest BCUT2D eigenvalue weighted by atomic mass is 9.70. The second-order valence-electron chi connectivity index (χ2n) is 11.6. The van der Waals surface area contributed by atoms with E-state index in [-0.39, 0.29) is 25.1 Å². The van der Waals surface area contributed by atoms with Crippen LogP contribution in [0.15, 0.2) is 42.5 Å². The highest BCUT2D eigenvalue weighted by Gasteiger charge is 2.41. The molecule has 0 spiro atoms. The summed E-state index contributed by atoms with van der Waals surface area (Å²) in [7, 11) is 3.27. The van der Waals surface area contributed by atoms with E-state index in [1.807, 2.05) is 24.3 Å². The van der Waals surface area contributed by atoms with Gasteiger partial charge in [-0.1, -0.05) is 109 Å². The Balaban J connectivity index is 1.53. The van der Waals surface area contributed by atoms with Crippen molar-refractivity contribution < 1.29 is 23.7 Å². The predicted molar refractivity (Wildman–Crippen MR) is 164 cm³/mol. The third-order valence-corrected chi connectivity index (χ3v) is 8.35. The molecule has 40 heavy (non-hydrogen) atoms. The van der Waals surface area contributed by atoms with E-state index in [2.05, 4.69) is 32.0 Å². The zero-order chi connectivity index (χ0) is 28.5. The van der Waals surface area contributed by atoms with Crippen LogP contribution >= 0.6 is 0 Å². The average molecular weight is 555 g/mol. The van der Waals surface area contributed by atoms with Gasteiger partial charge in [0.15, 0.2) is 13.6 Å². The van der Waals surface area contributed by atoms with Crippen LogP contribution < -0.4 is 14.2 Å². The van der Waals surface area contributed by atoms with E-state index < -0.39 is 0 Å². The number of hydrogen-bond acceptors (Lipinski definition) is 5. The van der Waals surface area contributed by atoms with Crippen molar-refractivity contribution in [1.82, 2.24) is 0 Å². The normalized spacial score (nSPS) is 18.2. The Labute approximate surface area is 243 Å². The summed E-state index contributed by atoms with van der Waals surface area (Å²) in [5.41, 5.74) is 2.37. The molecule has 0 bridgehead atoms. The summed E-state index contributed by atoms with van der Waals surface area (Å²) >= 11 is 0. The summed E-state index contributed by atoms with van der Waals surface area (Å²) in [6, 6.07) is 14.6. The molecule has 2 aromatic carbocycles. The first-order valence-electron chi connectivity index (χ1n) is 15.7. The fourth-order valence-corrected chi connectivity index (χ4v) is 5.87. The molecule has 0 amide bonds. The SMILES string of the molecule is CCCCCCCCCCCCCCCC1Oc2cc(OCOC)ccc2CC1(C)c1ccc(OCOC)cc1. The third-order valence-electron chi connectivity index (χ3n) is 8.35. The van der Waals surface area contributed by atoms with Gasteiger partial charge >= 0.3 is 0 Å². The lowest BCUT2D eigenvalue weighted by Gasteiger charge is -2.43. The van der Waals surface area contributed by atoms with E-state index in [4.69, 9.17) is 23.7 Å². The number of hydrogen-bond donors (Lipinski definition) is 0. The van der Waals surface area contributed by atoms with Crippen LogP contribution in [0.25, 0.3) is 0 Å². The van der Waals surface area contributed by atoms with Crippen molar-refractivity contribution >= 4 is 0 Å². The molecule has 1 heterocycles. The minimum absolute atomic E-state index is 0.0936. The molecule has 0 fully saturated rings. The smallest absolute Gasteiger partial charge is 0.188 e. The van der Waals surface area contributed by atoms with Crippen molar-refractivity contribution in [2.75, 3.05) is 27.8 Å². The lowest BCUT2D eigenvalue weighted by Crippen LogP contribution is -2.45. The van der Waals surface area contributed by atoms with Crippen LogP contribution in [0.3, 0.4) is 0 Å². The maximum atomic E-state index is 6.75. The summed E-state index contributed by atoms with van der Waals surface area (Å²) in [4.78, 5) is 0. The van der Waals surface area contributed by atoms with Gasteiger partial charge in [0.25, 0.3) is 0 Å². The Morgan fingerprint density at radius 3 is 1.80 bits per heavy atom. The van der Waals surface area contributed by atoms with E-state index in [0.717, 1.165) is 30.1 Å². The van der Waals surface area contributed by atoms with Gasteiger partial charge in [-0.2, -0.15) is 0 Å². The number of fused-ring (bicyclic) bond motifs is 1. The minimum Gasteiger partial charge on any atom is -0.489 e. The van der Waals surface area contributed by atoms with Gasteiger partial charge < -0.3 is 23.7 Å². The molecule has 0 N–H and O–H groups in total. The Morgan fingerprint density at radius 2 is 1.23 bits per heavy atom. The van der Waals surface area contributed by atoms with Crippen molar-refractivity contribution in [3.8, 4) is 17.2 Å². The zero-order valence-electron chi connectivity index (χ0n) is 25.7.